The third kappa shape index (κ3) is 6.40. The molecule has 184 valence electrons. The minimum atomic E-state index is -4.71. The van der Waals surface area contributed by atoms with Gasteiger partial charge in [-0.15, -0.1) is 0 Å². The summed E-state index contributed by atoms with van der Waals surface area (Å²) in [6.07, 6.45) is -4.90. The molecule has 2 atom stereocenters. The number of rotatable bonds is 3. The van der Waals surface area contributed by atoms with Crippen molar-refractivity contribution in [2.24, 2.45) is 0 Å². The van der Waals surface area contributed by atoms with Crippen molar-refractivity contribution in [1.82, 2.24) is 10.2 Å². The summed E-state index contributed by atoms with van der Waals surface area (Å²) < 4.78 is 58.5. The number of benzene rings is 2. The third-order valence-corrected chi connectivity index (χ3v) is 5.74. The lowest BCUT2D eigenvalue weighted by Gasteiger charge is -2.39. The van der Waals surface area contributed by atoms with Crippen molar-refractivity contribution in [3.63, 3.8) is 0 Å². The largest absolute Gasteiger partial charge is 0.444 e. The fraction of sp³-hybridized carbons (Fsp3) is 0.417. The Morgan fingerprint density at radius 3 is 2.32 bits per heavy atom. The Balaban J connectivity index is 1.84. The first-order chi connectivity index (χ1) is 15.7. The van der Waals surface area contributed by atoms with Gasteiger partial charge in [0.05, 0.1) is 10.6 Å². The van der Waals surface area contributed by atoms with Crippen LogP contribution in [0.4, 0.5) is 22.4 Å². The van der Waals surface area contributed by atoms with Gasteiger partial charge in [0.15, 0.2) is 0 Å². The van der Waals surface area contributed by atoms with Crippen LogP contribution in [0.25, 0.3) is 0 Å². The molecule has 1 unspecified atom stereocenters. The van der Waals surface area contributed by atoms with Crippen molar-refractivity contribution in [3.8, 4) is 0 Å². The van der Waals surface area contributed by atoms with E-state index in [1.54, 1.807) is 32.9 Å². The van der Waals surface area contributed by atoms with Gasteiger partial charge in [-0.3, -0.25) is 4.79 Å². The predicted octanol–water partition coefficient (Wildman–Crippen LogP) is 6.02. The van der Waals surface area contributed by atoms with E-state index >= 15 is 0 Å². The monoisotopic (exact) mass is 500 g/mol. The van der Waals surface area contributed by atoms with Crippen LogP contribution in [0.5, 0.6) is 0 Å². The standard InChI is InChI=1S/C24H25ClF4N2O3/c1-23(2,3)34-22(33)31-11-10-20(17(13-31)14-4-7-16(26)8-5-14)30-21(32)15-6-9-19(25)18(12-15)24(27,28)29/h4-9,12,17,20H,10-11,13H2,1-3H3,(H,30,32)/t17-,20?/m0/s1. The Labute approximate surface area is 200 Å². The molecule has 3 rings (SSSR count). The van der Waals surface area contributed by atoms with E-state index in [1.165, 1.54) is 23.1 Å². The molecule has 0 radical (unpaired) electrons. The maximum absolute atomic E-state index is 13.5. The number of hydrogen-bond donors (Lipinski definition) is 1. The fourth-order valence-electron chi connectivity index (χ4n) is 3.80. The maximum Gasteiger partial charge on any atom is 0.417 e. The topological polar surface area (TPSA) is 58.6 Å². The zero-order valence-electron chi connectivity index (χ0n) is 18.9. The Kier molecular flexibility index (Phi) is 7.45. The van der Waals surface area contributed by atoms with Gasteiger partial charge < -0.3 is 15.0 Å². The van der Waals surface area contributed by atoms with Crippen LogP contribution < -0.4 is 5.32 Å². The van der Waals surface area contributed by atoms with Crippen LogP contribution in [0.3, 0.4) is 0 Å². The molecule has 2 aromatic rings. The van der Waals surface area contributed by atoms with E-state index in [0.717, 1.165) is 6.07 Å². The number of carbonyl (C=O) groups is 2. The minimum absolute atomic E-state index is 0.180. The number of nitrogens with one attached hydrogen (secondary N) is 1. The van der Waals surface area contributed by atoms with E-state index in [0.29, 0.717) is 18.1 Å². The van der Waals surface area contributed by atoms with Gasteiger partial charge >= 0.3 is 12.3 Å². The Bertz CT molecular complexity index is 1050. The molecule has 1 N–H and O–H groups in total. The Hall–Kier alpha value is -2.81. The number of alkyl halides is 3. The molecule has 1 fully saturated rings. The summed E-state index contributed by atoms with van der Waals surface area (Å²) >= 11 is 5.65. The van der Waals surface area contributed by atoms with E-state index in [4.69, 9.17) is 16.3 Å². The molecule has 1 aliphatic rings. The molecule has 10 heteroatoms. The third-order valence-electron chi connectivity index (χ3n) is 5.41. The summed E-state index contributed by atoms with van der Waals surface area (Å²) in [6, 6.07) is 8.11. The number of carbonyl (C=O) groups excluding carboxylic acids is 2. The van der Waals surface area contributed by atoms with Crippen LogP contribution in [0.2, 0.25) is 5.02 Å². The summed E-state index contributed by atoms with van der Waals surface area (Å²) in [5.41, 5.74) is -1.31. The Morgan fingerprint density at radius 1 is 1.09 bits per heavy atom. The van der Waals surface area contributed by atoms with Gasteiger partial charge in [-0.2, -0.15) is 13.2 Å². The van der Waals surface area contributed by atoms with E-state index < -0.39 is 52.1 Å². The second-order valence-corrected chi connectivity index (χ2v) is 9.55. The molecule has 0 spiro atoms. The van der Waals surface area contributed by atoms with E-state index in [1.807, 2.05) is 0 Å². The molecular weight excluding hydrogens is 476 g/mol. The van der Waals surface area contributed by atoms with Gasteiger partial charge in [-0.1, -0.05) is 23.7 Å². The fourth-order valence-corrected chi connectivity index (χ4v) is 4.02. The van der Waals surface area contributed by atoms with Gasteiger partial charge in [0.2, 0.25) is 0 Å². The first-order valence-electron chi connectivity index (χ1n) is 10.7. The molecule has 1 saturated heterocycles. The van der Waals surface area contributed by atoms with E-state index in [9.17, 15) is 27.2 Å². The smallest absolute Gasteiger partial charge is 0.417 e. The number of piperidine rings is 1. The zero-order valence-corrected chi connectivity index (χ0v) is 19.6. The number of hydrogen-bond acceptors (Lipinski definition) is 3. The van der Waals surface area contributed by atoms with E-state index in [2.05, 4.69) is 5.32 Å². The van der Waals surface area contributed by atoms with Crippen molar-refractivity contribution in [2.45, 2.75) is 50.9 Å². The lowest BCUT2D eigenvalue weighted by Crippen LogP contribution is -2.52. The average Bonchev–Trinajstić information content (AvgIpc) is 2.73. The van der Waals surface area contributed by atoms with Gasteiger partial charge in [0.25, 0.3) is 5.91 Å². The molecule has 2 amide bonds. The highest BCUT2D eigenvalue weighted by atomic mass is 35.5. The number of amides is 2. The Morgan fingerprint density at radius 2 is 1.74 bits per heavy atom. The van der Waals surface area contributed by atoms with Crippen LogP contribution >= 0.6 is 11.6 Å². The molecule has 0 aliphatic carbocycles. The number of ether oxygens (including phenoxy) is 1. The quantitative estimate of drug-likeness (QED) is 0.524. The number of likely N-dealkylation sites (tertiary alicyclic amines) is 1. The van der Waals surface area contributed by atoms with Crippen LogP contribution in [0, 0.1) is 5.82 Å². The van der Waals surface area contributed by atoms with Crippen molar-refractivity contribution in [1.29, 1.82) is 0 Å². The predicted molar refractivity (Wildman–Crippen MR) is 119 cm³/mol. The second-order valence-electron chi connectivity index (χ2n) is 9.15. The van der Waals surface area contributed by atoms with Gasteiger partial charge in [0.1, 0.15) is 11.4 Å². The van der Waals surface area contributed by atoms with Crippen molar-refractivity contribution in [3.05, 3.63) is 70.0 Å². The minimum Gasteiger partial charge on any atom is -0.444 e. The summed E-state index contributed by atoms with van der Waals surface area (Å²) in [5.74, 6) is -1.57. The zero-order chi connectivity index (χ0) is 25.3. The van der Waals surface area contributed by atoms with Crippen LogP contribution in [0.1, 0.15) is 54.6 Å². The lowest BCUT2D eigenvalue weighted by molar-refractivity contribution is -0.137. The molecule has 1 heterocycles. The molecule has 5 nitrogen and oxygen atoms in total. The van der Waals surface area contributed by atoms with Crippen LogP contribution in [-0.2, 0) is 10.9 Å². The highest BCUT2D eigenvalue weighted by molar-refractivity contribution is 6.31. The van der Waals surface area contributed by atoms with Crippen molar-refractivity contribution < 1.29 is 31.9 Å². The van der Waals surface area contributed by atoms with Crippen molar-refractivity contribution in [2.75, 3.05) is 13.1 Å². The second kappa shape index (κ2) is 9.82. The molecule has 2 aromatic carbocycles. The molecule has 1 aliphatic heterocycles. The average molecular weight is 501 g/mol. The highest BCUT2D eigenvalue weighted by Gasteiger charge is 2.37. The molecule has 0 saturated carbocycles. The van der Waals surface area contributed by atoms with E-state index in [-0.39, 0.29) is 18.7 Å². The molecular formula is C24H25ClF4N2O3. The summed E-state index contributed by atoms with van der Waals surface area (Å²) in [6.45, 7) is 5.69. The summed E-state index contributed by atoms with van der Waals surface area (Å²) in [7, 11) is 0. The molecule has 34 heavy (non-hydrogen) atoms. The van der Waals surface area contributed by atoms with Gasteiger partial charge in [0, 0.05) is 30.6 Å². The van der Waals surface area contributed by atoms with Gasteiger partial charge in [-0.05, 0) is 63.1 Å². The molecule has 0 bridgehead atoms. The first kappa shape index (κ1) is 25.8. The SMILES string of the molecule is CC(C)(C)OC(=O)N1CCC(NC(=O)c2ccc(Cl)c(C(F)(F)F)c2)[C@H](c2ccc(F)cc2)C1. The van der Waals surface area contributed by atoms with Crippen LogP contribution in [-0.4, -0.2) is 41.6 Å². The maximum atomic E-state index is 13.5. The van der Waals surface area contributed by atoms with Crippen LogP contribution in [0.15, 0.2) is 42.5 Å². The first-order valence-corrected chi connectivity index (χ1v) is 11.0. The summed E-state index contributed by atoms with van der Waals surface area (Å²) in [5, 5.41) is 2.28. The summed E-state index contributed by atoms with van der Waals surface area (Å²) in [4.78, 5) is 27.0. The normalized spacial score (nSPS) is 19.0. The number of nitrogens with zero attached hydrogens (tertiary/aromatic N) is 1. The van der Waals surface area contributed by atoms with Gasteiger partial charge in [-0.25, -0.2) is 9.18 Å². The number of halogens is 5. The highest BCUT2D eigenvalue weighted by Crippen LogP contribution is 2.35. The van der Waals surface area contributed by atoms with Crippen molar-refractivity contribution >= 4 is 23.6 Å². The lowest BCUT2D eigenvalue weighted by atomic mass is 9.85. The molecule has 0 aromatic heterocycles.